The van der Waals surface area contributed by atoms with Crippen molar-refractivity contribution in [3.05, 3.63) is 34.9 Å². The molecule has 0 bridgehead atoms. The van der Waals surface area contributed by atoms with Gasteiger partial charge in [-0.1, -0.05) is 29.7 Å². The van der Waals surface area contributed by atoms with E-state index in [1.165, 1.54) is 0 Å². The van der Waals surface area contributed by atoms with E-state index in [1.807, 2.05) is 12.1 Å². The zero-order valence-electron chi connectivity index (χ0n) is 8.29. The molecule has 0 unspecified atom stereocenters. The van der Waals surface area contributed by atoms with Gasteiger partial charge in [-0.15, -0.1) is 6.42 Å². The fourth-order valence-corrected chi connectivity index (χ4v) is 1.29. The van der Waals surface area contributed by atoms with Crippen LogP contribution >= 0.6 is 11.6 Å². The molecular formula is C12H12ClNO. The fraction of sp³-hybridized carbons (Fsp3) is 0.250. The van der Waals surface area contributed by atoms with Gasteiger partial charge >= 0.3 is 0 Å². The van der Waals surface area contributed by atoms with Crippen LogP contribution in [0, 0.1) is 12.3 Å². The van der Waals surface area contributed by atoms with Crippen molar-refractivity contribution in [1.29, 1.82) is 0 Å². The highest BCUT2D eigenvalue weighted by molar-refractivity contribution is 6.30. The van der Waals surface area contributed by atoms with Gasteiger partial charge in [-0.2, -0.15) is 0 Å². The second kappa shape index (κ2) is 6.23. The summed E-state index contributed by atoms with van der Waals surface area (Å²) in [5, 5.41) is 3.53. The van der Waals surface area contributed by atoms with E-state index in [1.54, 1.807) is 12.1 Å². The Kier molecular flexibility index (Phi) is 4.89. The minimum atomic E-state index is 0.118. The maximum Gasteiger partial charge on any atom is 0.150 e. The van der Waals surface area contributed by atoms with Gasteiger partial charge in [0.2, 0.25) is 0 Å². The summed E-state index contributed by atoms with van der Waals surface area (Å²) in [6, 6.07) is 7.25. The molecule has 2 nitrogen and oxygen atoms in total. The lowest BCUT2D eigenvalue weighted by atomic mass is 10.1. The zero-order valence-corrected chi connectivity index (χ0v) is 9.05. The van der Waals surface area contributed by atoms with Crippen molar-refractivity contribution in [2.45, 2.75) is 6.42 Å². The van der Waals surface area contributed by atoms with E-state index in [2.05, 4.69) is 11.2 Å². The van der Waals surface area contributed by atoms with Crippen molar-refractivity contribution in [3.63, 3.8) is 0 Å². The SMILES string of the molecule is C#CCNCC(=O)Cc1ccc(Cl)cc1. The van der Waals surface area contributed by atoms with Crippen molar-refractivity contribution < 1.29 is 4.79 Å². The van der Waals surface area contributed by atoms with Gasteiger partial charge in [0.05, 0.1) is 13.1 Å². The van der Waals surface area contributed by atoms with Gasteiger partial charge in [0.1, 0.15) is 0 Å². The number of Topliss-reactive ketones (excluding diaryl/α,β-unsaturated/α-hetero) is 1. The Morgan fingerprint density at radius 1 is 1.40 bits per heavy atom. The molecule has 1 rings (SSSR count). The summed E-state index contributed by atoms with van der Waals surface area (Å²) in [4.78, 5) is 11.4. The second-order valence-corrected chi connectivity index (χ2v) is 3.59. The van der Waals surface area contributed by atoms with E-state index in [0.29, 0.717) is 24.5 Å². The van der Waals surface area contributed by atoms with Crippen molar-refractivity contribution >= 4 is 17.4 Å². The number of carbonyl (C=O) groups excluding carboxylic acids is 1. The Morgan fingerprint density at radius 2 is 2.07 bits per heavy atom. The van der Waals surface area contributed by atoms with Crippen LogP contribution in [-0.2, 0) is 11.2 Å². The molecule has 1 aromatic carbocycles. The number of halogens is 1. The molecule has 0 saturated carbocycles. The molecule has 0 aliphatic heterocycles. The van der Waals surface area contributed by atoms with Gasteiger partial charge in [0, 0.05) is 11.4 Å². The van der Waals surface area contributed by atoms with Gasteiger partial charge in [-0.25, -0.2) is 0 Å². The number of terminal acetylenes is 1. The molecule has 0 atom stereocenters. The quantitative estimate of drug-likeness (QED) is 0.606. The molecule has 0 saturated heterocycles. The van der Waals surface area contributed by atoms with E-state index in [0.717, 1.165) is 5.56 Å². The number of carbonyl (C=O) groups is 1. The van der Waals surface area contributed by atoms with Crippen LogP contribution in [0.3, 0.4) is 0 Å². The third-order valence-electron chi connectivity index (χ3n) is 1.86. The minimum Gasteiger partial charge on any atom is -0.299 e. The van der Waals surface area contributed by atoms with Crippen molar-refractivity contribution in [2.75, 3.05) is 13.1 Å². The van der Waals surface area contributed by atoms with Crippen LogP contribution in [0.15, 0.2) is 24.3 Å². The van der Waals surface area contributed by atoms with Crippen LogP contribution in [0.5, 0.6) is 0 Å². The third-order valence-corrected chi connectivity index (χ3v) is 2.12. The van der Waals surface area contributed by atoms with Crippen LogP contribution in [0.1, 0.15) is 5.56 Å². The van der Waals surface area contributed by atoms with E-state index >= 15 is 0 Å². The predicted molar refractivity (Wildman–Crippen MR) is 61.9 cm³/mol. The number of hydrogen-bond donors (Lipinski definition) is 1. The average Bonchev–Trinajstić information content (AvgIpc) is 2.22. The van der Waals surface area contributed by atoms with Crippen LogP contribution in [-0.4, -0.2) is 18.9 Å². The van der Waals surface area contributed by atoms with Crippen LogP contribution in [0.2, 0.25) is 5.02 Å². The van der Waals surface area contributed by atoms with Crippen molar-refractivity contribution in [1.82, 2.24) is 5.32 Å². The normalized spacial score (nSPS) is 9.60. The van der Waals surface area contributed by atoms with Gasteiger partial charge < -0.3 is 0 Å². The maximum absolute atomic E-state index is 11.4. The van der Waals surface area contributed by atoms with E-state index in [-0.39, 0.29) is 5.78 Å². The summed E-state index contributed by atoms with van der Waals surface area (Å²) in [6.45, 7) is 0.735. The molecule has 0 fully saturated rings. The molecule has 0 aromatic heterocycles. The van der Waals surface area contributed by atoms with Crippen LogP contribution in [0.25, 0.3) is 0 Å². The molecule has 0 heterocycles. The molecule has 3 heteroatoms. The third kappa shape index (κ3) is 4.64. The molecule has 1 N–H and O–H groups in total. The first-order chi connectivity index (χ1) is 7.22. The lowest BCUT2D eigenvalue weighted by molar-refractivity contribution is -0.117. The van der Waals surface area contributed by atoms with Crippen LogP contribution in [0.4, 0.5) is 0 Å². The molecule has 1 aromatic rings. The first-order valence-corrected chi connectivity index (χ1v) is 5.00. The summed E-state index contributed by atoms with van der Waals surface area (Å²) >= 11 is 5.73. The summed E-state index contributed by atoms with van der Waals surface area (Å²) in [5.41, 5.74) is 0.965. The Morgan fingerprint density at radius 3 is 2.67 bits per heavy atom. The molecule has 78 valence electrons. The fourth-order valence-electron chi connectivity index (χ4n) is 1.17. The maximum atomic E-state index is 11.4. The Balaban J connectivity index is 2.38. The first kappa shape index (κ1) is 11.8. The number of nitrogens with one attached hydrogen (secondary N) is 1. The predicted octanol–water partition coefficient (Wildman–Crippen LogP) is 1.67. The average molecular weight is 222 g/mol. The standard InChI is InChI=1S/C12H12ClNO/c1-2-7-14-9-12(15)8-10-3-5-11(13)6-4-10/h1,3-6,14H,7-9H2. The highest BCUT2D eigenvalue weighted by atomic mass is 35.5. The monoisotopic (exact) mass is 221 g/mol. The molecule has 0 aliphatic rings. The molecular weight excluding hydrogens is 210 g/mol. The highest BCUT2D eigenvalue weighted by Crippen LogP contribution is 2.09. The van der Waals surface area contributed by atoms with Crippen molar-refractivity contribution in [3.8, 4) is 12.3 Å². The Labute approximate surface area is 94.6 Å². The molecule has 15 heavy (non-hydrogen) atoms. The smallest absolute Gasteiger partial charge is 0.150 e. The summed E-state index contributed by atoms with van der Waals surface area (Å²) in [5.74, 6) is 2.53. The molecule has 0 amide bonds. The Bertz CT molecular complexity index is 364. The number of ketones is 1. The number of rotatable bonds is 5. The molecule has 0 radical (unpaired) electrons. The molecule has 0 spiro atoms. The lowest BCUT2D eigenvalue weighted by Gasteiger charge is -2.01. The minimum absolute atomic E-state index is 0.118. The second-order valence-electron chi connectivity index (χ2n) is 3.15. The summed E-state index contributed by atoms with van der Waals surface area (Å²) < 4.78 is 0. The van der Waals surface area contributed by atoms with Gasteiger partial charge in [0.15, 0.2) is 5.78 Å². The van der Waals surface area contributed by atoms with E-state index < -0.39 is 0 Å². The van der Waals surface area contributed by atoms with Crippen molar-refractivity contribution in [2.24, 2.45) is 0 Å². The van der Waals surface area contributed by atoms with E-state index in [4.69, 9.17) is 18.0 Å². The largest absolute Gasteiger partial charge is 0.299 e. The highest BCUT2D eigenvalue weighted by Gasteiger charge is 2.02. The number of hydrogen-bond acceptors (Lipinski definition) is 2. The van der Waals surface area contributed by atoms with E-state index in [9.17, 15) is 4.79 Å². The summed E-state index contributed by atoms with van der Waals surface area (Å²) in [7, 11) is 0. The Hall–Kier alpha value is -1.30. The van der Waals surface area contributed by atoms with Gasteiger partial charge in [-0.3, -0.25) is 10.1 Å². The zero-order chi connectivity index (χ0) is 11.1. The lowest BCUT2D eigenvalue weighted by Crippen LogP contribution is -2.24. The van der Waals surface area contributed by atoms with Gasteiger partial charge in [0.25, 0.3) is 0 Å². The van der Waals surface area contributed by atoms with Crippen LogP contribution < -0.4 is 5.32 Å². The topological polar surface area (TPSA) is 29.1 Å². The molecule has 0 aliphatic carbocycles. The number of benzene rings is 1. The summed E-state index contributed by atoms with van der Waals surface area (Å²) in [6.07, 6.45) is 5.46. The first-order valence-electron chi connectivity index (χ1n) is 4.62. The van der Waals surface area contributed by atoms with Gasteiger partial charge in [-0.05, 0) is 17.7 Å².